The van der Waals surface area contributed by atoms with Gasteiger partial charge in [-0.3, -0.25) is 14.2 Å². The molecule has 0 saturated heterocycles. The number of fused-ring (bicyclic) bond motifs is 1. The third kappa shape index (κ3) is 3.45. The summed E-state index contributed by atoms with van der Waals surface area (Å²) in [6, 6.07) is 6.12. The van der Waals surface area contributed by atoms with Crippen LogP contribution in [0.1, 0.15) is 39.6 Å². The number of nitrogens with zero attached hydrogens (tertiary/aromatic N) is 2. The number of benzene rings is 1. The Balaban J connectivity index is 2.30. The van der Waals surface area contributed by atoms with E-state index in [9.17, 15) is 19.5 Å². The van der Waals surface area contributed by atoms with Gasteiger partial charge in [0.1, 0.15) is 21.6 Å². The first kappa shape index (κ1) is 19.1. The Bertz CT molecular complexity index is 1140. The minimum Gasteiger partial charge on any atom is -0.477 e. The number of hydrogen-bond donors (Lipinski definition) is 2. The highest BCUT2D eigenvalue weighted by atomic mass is 35.5. The molecule has 0 aliphatic heterocycles. The second kappa shape index (κ2) is 7.13. The molecule has 1 amide bonds. The Kier molecular flexibility index (Phi) is 5.03. The van der Waals surface area contributed by atoms with Gasteiger partial charge in [0.2, 0.25) is 5.91 Å². The molecule has 1 aromatic carbocycles. The van der Waals surface area contributed by atoms with E-state index in [1.807, 2.05) is 6.07 Å². The van der Waals surface area contributed by atoms with Crippen LogP contribution in [0.4, 0.5) is 0 Å². The van der Waals surface area contributed by atoms with E-state index in [0.717, 1.165) is 16.9 Å². The van der Waals surface area contributed by atoms with Crippen LogP contribution in [0, 0.1) is 6.92 Å². The van der Waals surface area contributed by atoms with E-state index < -0.39 is 23.5 Å². The van der Waals surface area contributed by atoms with Gasteiger partial charge in [-0.1, -0.05) is 23.7 Å². The average Bonchev–Trinajstić information content (AvgIpc) is 2.91. The molecule has 0 bridgehead atoms. The predicted octanol–water partition coefficient (Wildman–Crippen LogP) is 2.76. The molecule has 1 unspecified atom stereocenters. The second-order valence-corrected chi connectivity index (χ2v) is 7.57. The van der Waals surface area contributed by atoms with Crippen molar-refractivity contribution >= 4 is 45.0 Å². The second-order valence-electron chi connectivity index (χ2n) is 6.13. The zero-order valence-electron chi connectivity index (χ0n) is 14.5. The first-order valence-electron chi connectivity index (χ1n) is 8.02. The lowest BCUT2D eigenvalue weighted by Crippen LogP contribution is -2.35. The molecule has 0 spiro atoms. The summed E-state index contributed by atoms with van der Waals surface area (Å²) >= 11 is 6.96. The van der Waals surface area contributed by atoms with Gasteiger partial charge in [0.05, 0.1) is 5.39 Å². The largest absolute Gasteiger partial charge is 0.477 e. The molecule has 0 fully saturated rings. The fraction of sp³-hybridized carbons (Fsp3) is 0.222. The van der Waals surface area contributed by atoms with Crippen LogP contribution >= 0.6 is 22.9 Å². The maximum Gasteiger partial charge on any atom is 0.346 e. The number of hydrogen-bond acceptors (Lipinski definition) is 5. The van der Waals surface area contributed by atoms with Gasteiger partial charge < -0.3 is 10.8 Å². The van der Waals surface area contributed by atoms with E-state index in [-0.39, 0.29) is 16.7 Å². The molecule has 9 heteroatoms. The summed E-state index contributed by atoms with van der Waals surface area (Å²) in [7, 11) is 0. The van der Waals surface area contributed by atoms with Gasteiger partial charge in [0, 0.05) is 11.4 Å². The number of carboxylic acid groups (broad SMARTS) is 1. The van der Waals surface area contributed by atoms with Crippen LogP contribution in [0.2, 0.25) is 5.02 Å². The smallest absolute Gasteiger partial charge is 0.346 e. The van der Waals surface area contributed by atoms with E-state index in [4.69, 9.17) is 17.3 Å². The molecule has 0 saturated carbocycles. The lowest BCUT2D eigenvalue weighted by atomic mass is 10.1. The summed E-state index contributed by atoms with van der Waals surface area (Å²) in [5, 5.41) is 10.1. The van der Waals surface area contributed by atoms with Crippen molar-refractivity contribution in [2.45, 2.75) is 26.3 Å². The number of carbonyl (C=O) groups is 2. The normalized spacial score (nSPS) is 12.3. The minimum atomic E-state index is -1.12. The SMILES string of the molecule is Cc1c(C(=O)O)sc2nc(Cc3cccc(Cl)c3)n(C(C)C(N)=O)c(=O)c12. The number of thiophene rings is 1. The number of carboxylic acids is 1. The van der Waals surface area contributed by atoms with Crippen LogP contribution in [0.5, 0.6) is 0 Å². The van der Waals surface area contributed by atoms with Gasteiger partial charge in [-0.15, -0.1) is 11.3 Å². The van der Waals surface area contributed by atoms with Gasteiger partial charge in [0.25, 0.3) is 5.56 Å². The molecule has 0 radical (unpaired) electrons. The molecule has 1 atom stereocenters. The molecule has 2 aromatic heterocycles. The van der Waals surface area contributed by atoms with Gasteiger partial charge >= 0.3 is 5.97 Å². The standard InChI is InChI=1S/C18H16ClN3O4S/c1-8-13-16(27-14(8)18(25)26)21-12(7-10-4-3-5-11(19)6-10)22(17(13)24)9(2)15(20)23/h3-6,9H,7H2,1-2H3,(H2,20,23)(H,25,26). The van der Waals surface area contributed by atoms with Crippen molar-refractivity contribution in [2.75, 3.05) is 0 Å². The minimum absolute atomic E-state index is 0.0489. The van der Waals surface area contributed by atoms with Crippen LogP contribution in [0.15, 0.2) is 29.1 Å². The van der Waals surface area contributed by atoms with E-state index in [2.05, 4.69) is 4.98 Å². The van der Waals surface area contributed by atoms with Gasteiger partial charge in [-0.2, -0.15) is 0 Å². The number of rotatable bonds is 5. The zero-order chi connectivity index (χ0) is 19.9. The molecule has 140 valence electrons. The van der Waals surface area contributed by atoms with Crippen LogP contribution in [-0.2, 0) is 11.2 Å². The maximum absolute atomic E-state index is 13.1. The highest BCUT2D eigenvalue weighted by Gasteiger charge is 2.24. The summed E-state index contributed by atoms with van der Waals surface area (Å²) in [6.07, 6.45) is 0.239. The van der Waals surface area contributed by atoms with E-state index in [1.54, 1.807) is 25.1 Å². The summed E-state index contributed by atoms with van der Waals surface area (Å²) in [5.41, 5.74) is 6.07. The van der Waals surface area contributed by atoms with Crippen molar-refractivity contribution in [1.29, 1.82) is 0 Å². The first-order chi connectivity index (χ1) is 12.7. The lowest BCUT2D eigenvalue weighted by Gasteiger charge is -2.17. The fourth-order valence-electron chi connectivity index (χ4n) is 2.92. The molecule has 0 aliphatic carbocycles. The number of amides is 1. The Hall–Kier alpha value is -2.71. The third-order valence-corrected chi connectivity index (χ3v) is 5.72. The van der Waals surface area contributed by atoms with Crippen LogP contribution in [-0.4, -0.2) is 26.5 Å². The van der Waals surface area contributed by atoms with Crippen LogP contribution in [0.25, 0.3) is 10.2 Å². The Morgan fingerprint density at radius 2 is 2.11 bits per heavy atom. The monoisotopic (exact) mass is 405 g/mol. The summed E-state index contributed by atoms with van der Waals surface area (Å²) in [4.78, 5) is 41.2. The molecule has 3 aromatic rings. The topological polar surface area (TPSA) is 115 Å². The predicted molar refractivity (Wildman–Crippen MR) is 104 cm³/mol. The third-order valence-electron chi connectivity index (χ3n) is 4.31. The van der Waals surface area contributed by atoms with Crippen LogP contribution < -0.4 is 11.3 Å². The molecule has 2 heterocycles. The van der Waals surface area contributed by atoms with Crippen LogP contribution in [0.3, 0.4) is 0 Å². The molecular formula is C18H16ClN3O4S. The molecule has 27 heavy (non-hydrogen) atoms. The highest BCUT2D eigenvalue weighted by molar-refractivity contribution is 7.20. The van der Waals surface area contributed by atoms with Crippen molar-refractivity contribution in [3.8, 4) is 0 Å². The highest BCUT2D eigenvalue weighted by Crippen LogP contribution is 2.28. The average molecular weight is 406 g/mol. The molecule has 0 aliphatic rings. The number of nitrogens with two attached hydrogens (primary N) is 1. The number of primary amides is 1. The van der Waals surface area contributed by atoms with E-state index in [1.165, 1.54) is 11.5 Å². The zero-order valence-corrected chi connectivity index (χ0v) is 16.1. The quantitative estimate of drug-likeness (QED) is 0.677. The van der Waals surface area contributed by atoms with Gasteiger partial charge in [-0.25, -0.2) is 9.78 Å². The number of halogens is 1. The molecule has 7 nitrogen and oxygen atoms in total. The first-order valence-corrected chi connectivity index (χ1v) is 9.21. The van der Waals surface area contributed by atoms with Gasteiger partial charge in [-0.05, 0) is 37.1 Å². The summed E-state index contributed by atoms with van der Waals surface area (Å²) < 4.78 is 1.23. The van der Waals surface area contributed by atoms with Gasteiger partial charge in [0.15, 0.2) is 0 Å². The molecule has 3 N–H and O–H groups in total. The van der Waals surface area contributed by atoms with E-state index in [0.29, 0.717) is 21.2 Å². The lowest BCUT2D eigenvalue weighted by molar-refractivity contribution is -0.120. The Morgan fingerprint density at radius 3 is 2.70 bits per heavy atom. The van der Waals surface area contributed by atoms with E-state index >= 15 is 0 Å². The van der Waals surface area contributed by atoms with Crippen molar-refractivity contribution in [1.82, 2.24) is 9.55 Å². The maximum atomic E-state index is 13.1. The van der Waals surface area contributed by atoms with Crippen molar-refractivity contribution in [2.24, 2.45) is 5.73 Å². The van der Waals surface area contributed by atoms with Crippen molar-refractivity contribution in [3.05, 3.63) is 61.5 Å². The Labute approximate surface area is 163 Å². The fourth-order valence-corrected chi connectivity index (χ4v) is 4.16. The number of aromatic nitrogens is 2. The number of aromatic carboxylic acids is 1. The summed E-state index contributed by atoms with van der Waals surface area (Å²) in [6.45, 7) is 3.07. The number of carbonyl (C=O) groups excluding carboxylic acids is 1. The summed E-state index contributed by atoms with van der Waals surface area (Å²) in [5.74, 6) is -1.49. The van der Waals surface area contributed by atoms with Crippen molar-refractivity contribution < 1.29 is 14.7 Å². The Morgan fingerprint density at radius 1 is 1.41 bits per heavy atom. The molecule has 3 rings (SSSR count). The van der Waals surface area contributed by atoms with Crippen molar-refractivity contribution in [3.63, 3.8) is 0 Å². The molecular weight excluding hydrogens is 390 g/mol. The number of aryl methyl sites for hydroxylation is 1.